The third kappa shape index (κ3) is 6.85. The summed E-state index contributed by atoms with van der Waals surface area (Å²) in [5.74, 6) is -6.87. The number of sulfone groups is 2. The summed E-state index contributed by atoms with van der Waals surface area (Å²) >= 11 is 0. The lowest BCUT2D eigenvalue weighted by Crippen LogP contribution is -2.36. The minimum atomic E-state index is -4.43. The summed E-state index contributed by atoms with van der Waals surface area (Å²) in [5.41, 5.74) is 0. The Bertz CT molecular complexity index is 411. The largest absolute Gasteiger partial charge is 0.549 e. The van der Waals surface area contributed by atoms with Gasteiger partial charge >= 0.3 is 0 Å². The van der Waals surface area contributed by atoms with Gasteiger partial charge in [-0.1, -0.05) is 0 Å². The standard InChI is InChI=1S/C5H8O8S2/c6-4(7)1-14(10,11)3-15(12,13)2-5(8)9/h1-3H2,(H,6,7)(H,8,9)/p-2. The molecular weight excluding hydrogens is 252 g/mol. The topological polar surface area (TPSA) is 149 Å². The van der Waals surface area contributed by atoms with Crippen LogP contribution in [0.4, 0.5) is 0 Å². The Morgan fingerprint density at radius 3 is 1.27 bits per heavy atom. The van der Waals surface area contributed by atoms with Gasteiger partial charge in [-0.15, -0.1) is 0 Å². The summed E-state index contributed by atoms with van der Waals surface area (Å²) in [6, 6.07) is 0. The molecule has 0 saturated carbocycles. The average molecular weight is 258 g/mol. The van der Waals surface area contributed by atoms with Gasteiger partial charge in [-0.2, -0.15) is 0 Å². The second-order valence-electron chi connectivity index (χ2n) is 2.64. The van der Waals surface area contributed by atoms with E-state index in [0.717, 1.165) is 0 Å². The SMILES string of the molecule is O=C([O-])CS(=O)(=O)CS(=O)(=O)CC(=O)[O-]. The van der Waals surface area contributed by atoms with E-state index in [1.165, 1.54) is 0 Å². The maximum Gasteiger partial charge on any atom is 0.169 e. The number of carbonyl (C=O) groups excluding carboxylic acids is 2. The van der Waals surface area contributed by atoms with E-state index in [9.17, 15) is 36.6 Å². The Morgan fingerprint density at radius 2 is 1.07 bits per heavy atom. The van der Waals surface area contributed by atoms with Crippen molar-refractivity contribution in [3.8, 4) is 0 Å². The van der Waals surface area contributed by atoms with Crippen molar-refractivity contribution < 1.29 is 36.6 Å². The molecule has 0 radical (unpaired) electrons. The van der Waals surface area contributed by atoms with E-state index in [-0.39, 0.29) is 0 Å². The molecule has 0 unspecified atom stereocenters. The lowest BCUT2D eigenvalue weighted by atomic mass is 10.8. The van der Waals surface area contributed by atoms with Gasteiger partial charge in [0.2, 0.25) is 0 Å². The third-order valence-electron chi connectivity index (χ3n) is 1.03. The highest BCUT2D eigenvalue weighted by atomic mass is 32.3. The van der Waals surface area contributed by atoms with Crippen LogP contribution in [-0.4, -0.2) is 45.4 Å². The summed E-state index contributed by atoms with van der Waals surface area (Å²) in [6.07, 6.45) is 0. The molecule has 0 aliphatic carbocycles. The first-order valence-corrected chi connectivity index (χ1v) is 6.99. The van der Waals surface area contributed by atoms with Gasteiger partial charge in [0.05, 0.1) is 23.4 Å². The molecule has 0 aliphatic rings. The van der Waals surface area contributed by atoms with Crippen LogP contribution in [0, 0.1) is 0 Å². The van der Waals surface area contributed by atoms with Gasteiger partial charge in [0.1, 0.15) is 0 Å². The van der Waals surface area contributed by atoms with Crippen molar-refractivity contribution in [3.63, 3.8) is 0 Å². The molecule has 0 aromatic rings. The molecule has 0 atom stereocenters. The zero-order valence-electron chi connectivity index (χ0n) is 7.20. The average Bonchev–Trinajstić information content (AvgIpc) is 1.73. The first-order chi connectivity index (χ1) is 6.54. The predicted molar refractivity (Wildman–Crippen MR) is 42.5 cm³/mol. The Labute approximate surface area is 85.4 Å². The molecule has 0 N–H and O–H groups in total. The van der Waals surface area contributed by atoms with Crippen molar-refractivity contribution in [3.05, 3.63) is 0 Å². The monoisotopic (exact) mass is 258 g/mol. The molecule has 0 fully saturated rings. The molecule has 8 nitrogen and oxygen atoms in total. The quantitative estimate of drug-likeness (QED) is 0.461. The molecule has 0 spiro atoms. The maximum atomic E-state index is 10.8. The van der Waals surface area contributed by atoms with Crippen LogP contribution in [0.25, 0.3) is 0 Å². The zero-order chi connectivity index (χ0) is 12.3. The van der Waals surface area contributed by atoms with Crippen molar-refractivity contribution in [1.29, 1.82) is 0 Å². The van der Waals surface area contributed by atoms with Crippen LogP contribution in [-0.2, 0) is 29.3 Å². The van der Waals surface area contributed by atoms with Crippen LogP contribution < -0.4 is 10.2 Å². The number of carboxylic acid groups (broad SMARTS) is 2. The van der Waals surface area contributed by atoms with Crippen molar-refractivity contribution in [1.82, 2.24) is 0 Å². The van der Waals surface area contributed by atoms with Crippen LogP contribution in [0.1, 0.15) is 0 Å². The van der Waals surface area contributed by atoms with Crippen LogP contribution in [0.5, 0.6) is 0 Å². The Hall–Kier alpha value is -1.16. The number of hydrogen-bond acceptors (Lipinski definition) is 8. The highest BCUT2D eigenvalue weighted by Crippen LogP contribution is 1.98. The highest BCUT2D eigenvalue weighted by molar-refractivity contribution is 8.08. The van der Waals surface area contributed by atoms with Crippen LogP contribution in [0.15, 0.2) is 0 Å². The van der Waals surface area contributed by atoms with Gasteiger partial charge in [-0.3, -0.25) is 0 Å². The summed E-state index contributed by atoms with van der Waals surface area (Å²) < 4.78 is 43.3. The fourth-order valence-corrected chi connectivity index (χ4v) is 4.29. The van der Waals surface area contributed by atoms with E-state index in [0.29, 0.717) is 0 Å². The maximum absolute atomic E-state index is 10.8. The molecule has 88 valence electrons. The predicted octanol–water partition coefficient (Wildman–Crippen LogP) is -4.73. The van der Waals surface area contributed by atoms with Crippen LogP contribution in [0.2, 0.25) is 0 Å². The number of carboxylic acids is 2. The Kier molecular flexibility index (Phi) is 4.22. The third-order valence-corrected chi connectivity index (χ3v) is 5.26. The molecule has 0 rings (SSSR count). The van der Waals surface area contributed by atoms with Gasteiger partial charge < -0.3 is 19.8 Å². The van der Waals surface area contributed by atoms with Crippen molar-refractivity contribution in [2.24, 2.45) is 0 Å². The van der Waals surface area contributed by atoms with E-state index in [1.54, 1.807) is 0 Å². The van der Waals surface area contributed by atoms with E-state index < -0.39 is 48.2 Å². The molecule has 15 heavy (non-hydrogen) atoms. The lowest BCUT2D eigenvalue weighted by molar-refractivity contribution is -0.302. The van der Waals surface area contributed by atoms with E-state index in [4.69, 9.17) is 0 Å². The number of aliphatic carboxylic acids is 2. The van der Waals surface area contributed by atoms with E-state index >= 15 is 0 Å². The Morgan fingerprint density at radius 1 is 0.800 bits per heavy atom. The summed E-state index contributed by atoms with van der Waals surface area (Å²) in [5, 5.41) is 18.3. The van der Waals surface area contributed by atoms with Gasteiger partial charge in [-0.25, -0.2) is 16.8 Å². The number of rotatable bonds is 6. The fourth-order valence-electron chi connectivity index (χ4n) is 0.716. The second-order valence-corrected chi connectivity index (χ2v) is 7.13. The molecular formula is C5H6O8S2-2. The van der Waals surface area contributed by atoms with Gasteiger partial charge in [-0.05, 0) is 0 Å². The molecule has 0 heterocycles. The smallest absolute Gasteiger partial charge is 0.169 e. The van der Waals surface area contributed by atoms with E-state index in [1.807, 2.05) is 0 Å². The molecule has 0 saturated heterocycles. The zero-order valence-corrected chi connectivity index (χ0v) is 8.84. The minimum Gasteiger partial charge on any atom is -0.549 e. The molecule has 0 aromatic carbocycles. The minimum absolute atomic E-state index is 1.47. The molecule has 10 heteroatoms. The highest BCUT2D eigenvalue weighted by Gasteiger charge is 2.22. The van der Waals surface area contributed by atoms with Crippen molar-refractivity contribution in [2.45, 2.75) is 0 Å². The molecule has 0 aliphatic heterocycles. The summed E-state index contributed by atoms with van der Waals surface area (Å²) in [7, 11) is -8.85. The number of carbonyl (C=O) groups is 2. The van der Waals surface area contributed by atoms with Crippen LogP contribution in [0.3, 0.4) is 0 Å². The normalized spacial score (nSPS) is 12.3. The number of hydrogen-bond donors (Lipinski definition) is 0. The first kappa shape index (κ1) is 13.8. The molecule has 0 aromatic heterocycles. The van der Waals surface area contributed by atoms with Crippen LogP contribution >= 0.6 is 0 Å². The molecule has 0 bridgehead atoms. The van der Waals surface area contributed by atoms with Crippen molar-refractivity contribution >= 4 is 31.6 Å². The van der Waals surface area contributed by atoms with Crippen molar-refractivity contribution in [2.75, 3.05) is 16.6 Å². The summed E-state index contributed by atoms with van der Waals surface area (Å²) in [6.45, 7) is 0. The molecule has 0 amide bonds. The van der Waals surface area contributed by atoms with Gasteiger partial charge in [0.25, 0.3) is 0 Å². The van der Waals surface area contributed by atoms with E-state index in [2.05, 4.69) is 0 Å². The second kappa shape index (κ2) is 4.57. The van der Waals surface area contributed by atoms with Gasteiger partial charge in [0.15, 0.2) is 24.8 Å². The first-order valence-electron chi connectivity index (χ1n) is 3.34. The fraction of sp³-hybridized carbons (Fsp3) is 0.600. The Balaban J connectivity index is 4.74. The lowest BCUT2D eigenvalue weighted by Gasteiger charge is -2.06. The summed E-state index contributed by atoms with van der Waals surface area (Å²) in [4.78, 5) is 19.8. The van der Waals surface area contributed by atoms with Gasteiger partial charge in [0, 0.05) is 0 Å².